The number of fused-ring (bicyclic) bond motifs is 8. The summed E-state index contributed by atoms with van der Waals surface area (Å²) in [7, 11) is 0. The van der Waals surface area contributed by atoms with E-state index in [4.69, 9.17) is 9.97 Å². The van der Waals surface area contributed by atoms with Crippen LogP contribution in [0.2, 0.25) is 0 Å². The van der Waals surface area contributed by atoms with E-state index in [0.717, 1.165) is 77.5 Å². The lowest BCUT2D eigenvalue weighted by Crippen LogP contribution is -2.09. The van der Waals surface area contributed by atoms with Gasteiger partial charge in [-0.15, -0.1) is 0 Å². The van der Waals surface area contributed by atoms with E-state index in [1.54, 1.807) is 0 Å². The van der Waals surface area contributed by atoms with Gasteiger partial charge in [0.1, 0.15) is 0 Å². The second-order valence-electron chi connectivity index (χ2n) is 12.9. The van der Waals surface area contributed by atoms with Crippen molar-refractivity contribution < 1.29 is 0 Å². The molecule has 0 amide bonds. The maximum absolute atomic E-state index is 5.45. The van der Waals surface area contributed by atoms with Crippen LogP contribution < -0.4 is 4.90 Å². The van der Waals surface area contributed by atoms with Crippen LogP contribution in [-0.2, 0) is 0 Å². The van der Waals surface area contributed by atoms with Crippen molar-refractivity contribution in [1.82, 2.24) is 15.0 Å². The van der Waals surface area contributed by atoms with Gasteiger partial charge >= 0.3 is 0 Å². The smallest absolute Gasteiger partial charge is 0.0970 e. The zero-order valence-electron chi connectivity index (χ0n) is 27.6. The predicted octanol–water partition coefficient (Wildman–Crippen LogP) is 12.4. The molecule has 238 valence electrons. The average molecular weight is 651 g/mol. The topological polar surface area (TPSA) is 41.9 Å². The Morgan fingerprint density at radius 1 is 0.392 bits per heavy atom. The first-order valence-electron chi connectivity index (χ1n) is 17.2. The normalized spacial score (nSPS) is 11.5. The quantitative estimate of drug-likeness (QED) is 0.174. The molecule has 3 heterocycles. The van der Waals surface area contributed by atoms with Crippen LogP contribution in [0.1, 0.15) is 0 Å². The third-order valence-electron chi connectivity index (χ3n) is 9.91. The SMILES string of the molecule is c1ccc(N(c2ccccc2)c2ccc3c(c2)nc(-c2ccc(-c4ccnc5c4ccc4cccnc45)cc2)c2ccc4ccccc4c23)cc1. The number of benzene rings is 7. The number of pyridine rings is 3. The molecule has 0 aliphatic heterocycles. The van der Waals surface area contributed by atoms with Gasteiger partial charge in [0.05, 0.1) is 22.2 Å². The van der Waals surface area contributed by atoms with Gasteiger partial charge in [-0.05, 0) is 70.4 Å². The summed E-state index contributed by atoms with van der Waals surface area (Å²) < 4.78 is 0. The van der Waals surface area contributed by atoms with E-state index in [0.29, 0.717) is 0 Å². The van der Waals surface area contributed by atoms with Crippen molar-refractivity contribution in [2.45, 2.75) is 0 Å². The predicted molar refractivity (Wildman–Crippen MR) is 213 cm³/mol. The molecule has 0 saturated heterocycles. The summed E-state index contributed by atoms with van der Waals surface area (Å²) in [6.45, 7) is 0. The van der Waals surface area contributed by atoms with E-state index in [2.05, 4.69) is 174 Å². The van der Waals surface area contributed by atoms with Crippen molar-refractivity contribution in [2.75, 3.05) is 4.90 Å². The van der Waals surface area contributed by atoms with Crippen molar-refractivity contribution >= 4 is 71.3 Å². The van der Waals surface area contributed by atoms with Gasteiger partial charge in [-0.1, -0.05) is 121 Å². The van der Waals surface area contributed by atoms with Gasteiger partial charge in [0, 0.05) is 62.0 Å². The largest absolute Gasteiger partial charge is 0.310 e. The summed E-state index contributed by atoms with van der Waals surface area (Å²) in [6, 6.07) is 60.1. The van der Waals surface area contributed by atoms with E-state index < -0.39 is 0 Å². The van der Waals surface area contributed by atoms with Crippen molar-refractivity contribution in [1.29, 1.82) is 0 Å². The molecule has 0 fully saturated rings. The van der Waals surface area contributed by atoms with Crippen LogP contribution in [0.3, 0.4) is 0 Å². The first-order valence-corrected chi connectivity index (χ1v) is 17.2. The zero-order chi connectivity index (χ0) is 33.7. The van der Waals surface area contributed by atoms with E-state index in [-0.39, 0.29) is 0 Å². The molecule has 4 nitrogen and oxygen atoms in total. The number of hydrogen-bond acceptors (Lipinski definition) is 4. The molecule has 0 radical (unpaired) electrons. The van der Waals surface area contributed by atoms with Crippen LogP contribution in [-0.4, -0.2) is 15.0 Å². The van der Waals surface area contributed by atoms with Gasteiger partial charge in [-0.3, -0.25) is 9.97 Å². The molecule has 0 bridgehead atoms. The fraction of sp³-hybridized carbons (Fsp3) is 0. The fourth-order valence-corrected chi connectivity index (χ4v) is 7.54. The van der Waals surface area contributed by atoms with E-state index in [9.17, 15) is 0 Å². The average Bonchev–Trinajstić information content (AvgIpc) is 3.21. The summed E-state index contributed by atoms with van der Waals surface area (Å²) >= 11 is 0. The third kappa shape index (κ3) is 4.88. The molecule has 0 saturated carbocycles. The monoisotopic (exact) mass is 650 g/mol. The molecule has 7 aromatic carbocycles. The minimum atomic E-state index is 0.916. The molecule has 0 atom stereocenters. The molecule has 0 N–H and O–H groups in total. The Morgan fingerprint density at radius 2 is 1.04 bits per heavy atom. The standard InChI is InChI=1S/C47H30N4/c1-3-12-35(13-4-1)51(36-14-5-2-6-15-36)37-23-26-41-43(30-37)50-45(42-25-21-31-10-7-8-16-39(31)44(41)42)34-19-17-32(18-20-34)38-27-29-49-47-40(38)24-22-33-11-9-28-48-46(33)47/h1-30H. The number of anilines is 3. The summed E-state index contributed by atoms with van der Waals surface area (Å²) in [5, 5.41) is 8.10. The Kier molecular flexibility index (Phi) is 6.78. The van der Waals surface area contributed by atoms with Gasteiger partial charge < -0.3 is 4.90 Å². The Labute approximate surface area is 294 Å². The lowest BCUT2D eigenvalue weighted by Gasteiger charge is -2.26. The summed E-state index contributed by atoms with van der Waals surface area (Å²) in [6.07, 6.45) is 3.72. The minimum absolute atomic E-state index is 0.916. The molecule has 51 heavy (non-hydrogen) atoms. The fourth-order valence-electron chi connectivity index (χ4n) is 7.54. The molecule has 10 rings (SSSR count). The second-order valence-corrected chi connectivity index (χ2v) is 12.9. The number of rotatable bonds is 5. The van der Waals surface area contributed by atoms with Gasteiger partial charge in [-0.25, -0.2) is 4.98 Å². The van der Waals surface area contributed by atoms with Crippen LogP contribution in [0.5, 0.6) is 0 Å². The first kappa shape index (κ1) is 29.0. The van der Waals surface area contributed by atoms with Crippen LogP contribution in [0.25, 0.3) is 76.6 Å². The van der Waals surface area contributed by atoms with Gasteiger partial charge in [0.25, 0.3) is 0 Å². The number of nitrogens with zero attached hydrogens (tertiary/aromatic N) is 4. The number of aromatic nitrogens is 3. The highest BCUT2D eigenvalue weighted by Gasteiger charge is 2.18. The Bertz CT molecular complexity index is 2860. The molecule has 4 heteroatoms. The lowest BCUT2D eigenvalue weighted by molar-refractivity contribution is 1.28. The highest BCUT2D eigenvalue weighted by molar-refractivity contribution is 6.22. The molecular formula is C47H30N4. The van der Waals surface area contributed by atoms with Crippen LogP contribution in [0, 0.1) is 0 Å². The Morgan fingerprint density at radius 3 is 1.84 bits per heavy atom. The van der Waals surface area contributed by atoms with E-state index >= 15 is 0 Å². The van der Waals surface area contributed by atoms with E-state index in [1.807, 2.05) is 18.5 Å². The summed E-state index contributed by atoms with van der Waals surface area (Å²) in [5.41, 5.74) is 10.3. The highest BCUT2D eigenvalue weighted by atomic mass is 15.1. The zero-order valence-corrected chi connectivity index (χ0v) is 27.6. The van der Waals surface area contributed by atoms with Crippen LogP contribution >= 0.6 is 0 Å². The highest BCUT2D eigenvalue weighted by Crippen LogP contribution is 2.41. The maximum atomic E-state index is 5.45. The maximum Gasteiger partial charge on any atom is 0.0970 e. The second kappa shape index (κ2) is 11.9. The number of hydrogen-bond donors (Lipinski definition) is 0. The van der Waals surface area contributed by atoms with Crippen LogP contribution in [0.15, 0.2) is 182 Å². The Balaban J connectivity index is 1.17. The van der Waals surface area contributed by atoms with E-state index in [1.165, 1.54) is 16.2 Å². The minimum Gasteiger partial charge on any atom is -0.310 e. The van der Waals surface area contributed by atoms with Crippen LogP contribution in [0.4, 0.5) is 17.1 Å². The Hall–Kier alpha value is -6.91. The molecular weight excluding hydrogens is 621 g/mol. The van der Waals surface area contributed by atoms with Crippen molar-refractivity contribution in [3.8, 4) is 22.4 Å². The first-order chi connectivity index (χ1) is 25.3. The number of para-hydroxylation sites is 2. The summed E-state index contributed by atoms with van der Waals surface area (Å²) in [4.78, 5) is 17.1. The third-order valence-corrected chi connectivity index (χ3v) is 9.91. The molecule has 0 aliphatic rings. The lowest BCUT2D eigenvalue weighted by atomic mass is 9.94. The van der Waals surface area contributed by atoms with Gasteiger partial charge in [0.15, 0.2) is 0 Å². The van der Waals surface area contributed by atoms with Crippen molar-refractivity contribution in [3.63, 3.8) is 0 Å². The molecule has 0 unspecified atom stereocenters. The molecule has 0 spiro atoms. The summed E-state index contributed by atoms with van der Waals surface area (Å²) in [5.74, 6) is 0. The molecule has 0 aliphatic carbocycles. The van der Waals surface area contributed by atoms with Crippen molar-refractivity contribution in [2.24, 2.45) is 0 Å². The molecule has 10 aromatic rings. The molecule has 3 aromatic heterocycles. The van der Waals surface area contributed by atoms with Gasteiger partial charge in [-0.2, -0.15) is 0 Å². The van der Waals surface area contributed by atoms with Gasteiger partial charge in [0.2, 0.25) is 0 Å². The van der Waals surface area contributed by atoms with Crippen molar-refractivity contribution in [3.05, 3.63) is 182 Å².